The molecule has 0 aromatic carbocycles. The standard InChI is InChI=1S/C12H27NO2S/c1-6-7-11(2)13-10-12(3,4)8-9-16(5,14)15/h11,13H,6-10H2,1-5H3. The van der Waals surface area contributed by atoms with Crippen LogP contribution in [0.15, 0.2) is 0 Å². The van der Waals surface area contributed by atoms with Crippen molar-refractivity contribution in [1.82, 2.24) is 5.32 Å². The van der Waals surface area contributed by atoms with E-state index < -0.39 is 9.84 Å². The normalized spacial score (nSPS) is 15.1. The van der Waals surface area contributed by atoms with Gasteiger partial charge in [-0.3, -0.25) is 0 Å². The molecule has 0 fully saturated rings. The maximum Gasteiger partial charge on any atom is 0.147 e. The van der Waals surface area contributed by atoms with Crippen molar-refractivity contribution in [1.29, 1.82) is 0 Å². The fraction of sp³-hybridized carbons (Fsp3) is 1.00. The average molecular weight is 249 g/mol. The molecule has 0 aromatic rings. The summed E-state index contributed by atoms with van der Waals surface area (Å²) in [5, 5.41) is 3.47. The van der Waals surface area contributed by atoms with Crippen molar-refractivity contribution in [3.8, 4) is 0 Å². The minimum atomic E-state index is -2.83. The Balaban J connectivity index is 3.95. The van der Waals surface area contributed by atoms with Crippen LogP contribution in [0.3, 0.4) is 0 Å². The Labute approximate surface area is 101 Å². The van der Waals surface area contributed by atoms with Crippen molar-refractivity contribution >= 4 is 9.84 Å². The molecule has 0 radical (unpaired) electrons. The number of rotatable bonds is 8. The lowest BCUT2D eigenvalue weighted by atomic mass is 9.90. The first-order chi connectivity index (χ1) is 7.16. The van der Waals surface area contributed by atoms with Crippen LogP contribution >= 0.6 is 0 Å². The molecule has 0 saturated carbocycles. The lowest BCUT2D eigenvalue weighted by Crippen LogP contribution is -2.36. The fourth-order valence-corrected chi connectivity index (χ4v) is 2.46. The van der Waals surface area contributed by atoms with Crippen LogP contribution in [-0.2, 0) is 9.84 Å². The van der Waals surface area contributed by atoms with Gasteiger partial charge in [-0.2, -0.15) is 0 Å². The molecule has 16 heavy (non-hydrogen) atoms. The van der Waals surface area contributed by atoms with Gasteiger partial charge < -0.3 is 5.32 Å². The molecule has 1 atom stereocenters. The Kier molecular flexibility index (Phi) is 6.56. The third kappa shape index (κ3) is 9.16. The van der Waals surface area contributed by atoms with Gasteiger partial charge in [0.15, 0.2) is 0 Å². The Morgan fingerprint density at radius 3 is 2.31 bits per heavy atom. The summed E-state index contributed by atoms with van der Waals surface area (Å²) in [6, 6.07) is 0.516. The highest BCUT2D eigenvalue weighted by Gasteiger charge is 2.20. The zero-order chi connectivity index (χ0) is 12.8. The Hall–Kier alpha value is -0.0900. The van der Waals surface area contributed by atoms with E-state index in [0.717, 1.165) is 13.0 Å². The predicted molar refractivity (Wildman–Crippen MR) is 70.5 cm³/mol. The van der Waals surface area contributed by atoms with Crippen LogP contribution in [0.1, 0.15) is 47.0 Å². The van der Waals surface area contributed by atoms with Crippen molar-refractivity contribution < 1.29 is 8.42 Å². The summed E-state index contributed by atoms with van der Waals surface area (Å²) in [6.45, 7) is 9.46. The second-order valence-electron chi connectivity index (χ2n) is 5.61. The molecule has 0 aromatic heterocycles. The first-order valence-electron chi connectivity index (χ1n) is 6.07. The Bertz CT molecular complexity index is 283. The molecule has 0 aliphatic heterocycles. The molecule has 0 spiro atoms. The summed E-state index contributed by atoms with van der Waals surface area (Å²) >= 11 is 0. The molecule has 0 aliphatic rings. The molecule has 1 N–H and O–H groups in total. The van der Waals surface area contributed by atoms with E-state index in [9.17, 15) is 8.42 Å². The monoisotopic (exact) mass is 249 g/mol. The highest BCUT2D eigenvalue weighted by atomic mass is 32.2. The van der Waals surface area contributed by atoms with Gasteiger partial charge in [-0.25, -0.2) is 8.42 Å². The van der Waals surface area contributed by atoms with E-state index in [2.05, 4.69) is 33.0 Å². The number of hydrogen-bond donors (Lipinski definition) is 1. The molecule has 4 heteroatoms. The van der Waals surface area contributed by atoms with Gasteiger partial charge in [0.25, 0.3) is 0 Å². The van der Waals surface area contributed by atoms with Gasteiger partial charge in [0.05, 0.1) is 5.75 Å². The summed E-state index contributed by atoms with van der Waals surface area (Å²) in [4.78, 5) is 0. The maximum absolute atomic E-state index is 11.1. The van der Waals surface area contributed by atoms with Gasteiger partial charge in [0, 0.05) is 18.8 Å². The largest absolute Gasteiger partial charge is 0.314 e. The van der Waals surface area contributed by atoms with Crippen molar-refractivity contribution in [2.24, 2.45) is 5.41 Å². The molecular formula is C12H27NO2S. The molecule has 3 nitrogen and oxygen atoms in total. The molecular weight excluding hydrogens is 222 g/mol. The lowest BCUT2D eigenvalue weighted by molar-refractivity contribution is 0.309. The van der Waals surface area contributed by atoms with Gasteiger partial charge in [-0.05, 0) is 25.2 Å². The van der Waals surface area contributed by atoms with Crippen LogP contribution in [-0.4, -0.2) is 33.0 Å². The summed E-state index contributed by atoms with van der Waals surface area (Å²) in [7, 11) is -2.83. The van der Waals surface area contributed by atoms with Gasteiger partial charge in [0.1, 0.15) is 9.84 Å². The molecule has 0 rings (SSSR count). The van der Waals surface area contributed by atoms with E-state index in [-0.39, 0.29) is 11.2 Å². The van der Waals surface area contributed by atoms with Gasteiger partial charge in [-0.15, -0.1) is 0 Å². The van der Waals surface area contributed by atoms with E-state index in [1.807, 2.05) is 0 Å². The molecule has 0 saturated heterocycles. The van der Waals surface area contributed by atoms with Crippen LogP contribution in [0, 0.1) is 5.41 Å². The first kappa shape index (κ1) is 15.9. The zero-order valence-corrected chi connectivity index (χ0v) is 12.2. The minimum absolute atomic E-state index is 0.0467. The maximum atomic E-state index is 11.1. The van der Waals surface area contributed by atoms with E-state index in [1.165, 1.54) is 19.1 Å². The molecule has 0 amide bonds. The average Bonchev–Trinajstić information content (AvgIpc) is 2.12. The van der Waals surface area contributed by atoms with Crippen LogP contribution in [0.5, 0.6) is 0 Å². The summed E-state index contributed by atoms with van der Waals surface area (Å²) in [5.74, 6) is 0.282. The quantitative estimate of drug-likeness (QED) is 0.717. The van der Waals surface area contributed by atoms with E-state index in [4.69, 9.17) is 0 Å². The van der Waals surface area contributed by atoms with Crippen molar-refractivity contribution in [3.63, 3.8) is 0 Å². The smallest absolute Gasteiger partial charge is 0.147 e. The Morgan fingerprint density at radius 1 is 1.31 bits per heavy atom. The summed E-state index contributed by atoms with van der Waals surface area (Å²) in [6.07, 6.45) is 4.37. The van der Waals surface area contributed by atoms with Crippen molar-refractivity contribution in [3.05, 3.63) is 0 Å². The van der Waals surface area contributed by atoms with Gasteiger partial charge in [0.2, 0.25) is 0 Å². The number of sulfone groups is 1. The molecule has 1 unspecified atom stereocenters. The lowest BCUT2D eigenvalue weighted by Gasteiger charge is -2.27. The van der Waals surface area contributed by atoms with Crippen LogP contribution in [0.25, 0.3) is 0 Å². The fourth-order valence-electron chi connectivity index (χ4n) is 1.54. The summed E-state index contributed by atoms with van der Waals surface area (Å²) < 4.78 is 22.2. The topological polar surface area (TPSA) is 46.2 Å². The number of hydrogen-bond acceptors (Lipinski definition) is 3. The molecule has 98 valence electrons. The highest BCUT2D eigenvalue weighted by molar-refractivity contribution is 7.90. The molecule has 0 aliphatic carbocycles. The second kappa shape index (κ2) is 6.60. The predicted octanol–water partition coefficient (Wildman–Crippen LogP) is 2.23. The zero-order valence-electron chi connectivity index (χ0n) is 11.3. The highest BCUT2D eigenvalue weighted by Crippen LogP contribution is 2.20. The summed E-state index contributed by atoms with van der Waals surface area (Å²) in [5.41, 5.74) is 0.0467. The van der Waals surface area contributed by atoms with Gasteiger partial charge in [-0.1, -0.05) is 27.2 Å². The Morgan fingerprint density at radius 2 is 1.88 bits per heavy atom. The van der Waals surface area contributed by atoms with E-state index in [1.54, 1.807) is 0 Å². The second-order valence-corrected chi connectivity index (χ2v) is 7.87. The van der Waals surface area contributed by atoms with Crippen molar-refractivity contribution in [2.75, 3.05) is 18.6 Å². The third-order valence-electron chi connectivity index (χ3n) is 2.80. The SMILES string of the molecule is CCCC(C)NCC(C)(C)CCS(C)(=O)=O. The van der Waals surface area contributed by atoms with Crippen molar-refractivity contribution in [2.45, 2.75) is 53.0 Å². The first-order valence-corrected chi connectivity index (χ1v) is 8.13. The molecule has 0 heterocycles. The van der Waals surface area contributed by atoms with E-state index in [0.29, 0.717) is 6.04 Å². The van der Waals surface area contributed by atoms with Crippen LogP contribution in [0.2, 0.25) is 0 Å². The van der Waals surface area contributed by atoms with Crippen LogP contribution in [0.4, 0.5) is 0 Å². The van der Waals surface area contributed by atoms with Gasteiger partial charge >= 0.3 is 0 Å². The number of nitrogens with one attached hydrogen (secondary N) is 1. The minimum Gasteiger partial charge on any atom is -0.314 e. The molecule has 0 bridgehead atoms. The van der Waals surface area contributed by atoms with E-state index >= 15 is 0 Å². The third-order valence-corrected chi connectivity index (χ3v) is 3.75. The van der Waals surface area contributed by atoms with Crippen LogP contribution < -0.4 is 5.32 Å².